The maximum absolute atomic E-state index is 4.66. The Hall–Kier alpha value is -3.64. The highest BCUT2D eigenvalue weighted by molar-refractivity contribution is 5.98. The van der Waals surface area contributed by atoms with Crippen LogP contribution in [0.15, 0.2) is 127 Å². The third kappa shape index (κ3) is 7.98. The van der Waals surface area contributed by atoms with Gasteiger partial charge in [0, 0.05) is 0 Å². The molecule has 1 aliphatic rings. The molecule has 3 rings (SSSR count). The lowest BCUT2D eigenvalue weighted by Crippen LogP contribution is -2.14. The van der Waals surface area contributed by atoms with E-state index in [9.17, 15) is 0 Å². The van der Waals surface area contributed by atoms with Crippen molar-refractivity contribution in [3.8, 4) is 0 Å². The van der Waals surface area contributed by atoms with Crippen molar-refractivity contribution in [3.63, 3.8) is 0 Å². The van der Waals surface area contributed by atoms with Crippen LogP contribution in [0.4, 0.5) is 0 Å². The van der Waals surface area contributed by atoms with Crippen LogP contribution in [0.5, 0.6) is 0 Å². The lowest BCUT2D eigenvalue weighted by atomic mass is 9.74. The quantitative estimate of drug-likeness (QED) is 0.207. The highest BCUT2D eigenvalue weighted by Crippen LogP contribution is 2.45. The van der Waals surface area contributed by atoms with Crippen LogP contribution >= 0.6 is 0 Å². The van der Waals surface area contributed by atoms with E-state index in [1.807, 2.05) is 0 Å². The lowest BCUT2D eigenvalue weighted by Gasteiger charge is -2.30. The third-order valence-electron chi connectivity index (χ3n) is 7.99. The predicted molar refractivity (Wildman–Crippen MR) is 185 cm³/mol. The van der Waals surface area contributed by atoms with E-state index in [0.717, 1.165) is 24.8 Å². The minimum atomic E-state index is 0.0423. The number of hydrogen-bond acceptors (Lipinski definition) is 0. The molecule has 0 amide bonds. The van der Waals surface area contributed by atoms with Gasteiger partial charge in [-0.15, -0.1) is 0 Å². The molecule has 0 radical (unpaired) electrons. The molecule has 0 N–H and O–H groups in total. The first-order chi connectivity index (χ1) is 19.7. The Kier molecular flexibility index (Phi) is 11.5. The summed E-state index contributed by atoms with van der Waals surface area (Å²) in [4.78, 5) is 0. The minimum Gasteiger partial charge on any atom is -0.0916 e. The largest absolute Gasteiger partial charge is 0.0916 e. The molecule has 1 atom stereocenters. The molecule has 0 nitrogen and oxygen atoms in total. The van der Waals surface area contributed by atoms with Crippen molar-refractivity contribution in [2.45, 2.75) is 74.7 Å². The van der Waals surface area contributed by atoms with Gasteiger partial charge in [0.25, 0.3) is 0 Å². The minimum absolute atomic E-state index is 0.0423. The van der Waals surface area contributed by atoms with Crippen LogP contribution in [-0.2, 0) is 6.42 Å². The number of aryl methyl sites for hydroxylation is 1. The van der Waals surface area contributed by atoms with E-state index >= 15 is 0 Å². The zero-order valence-corrected chi connectivity index (χ0v) is 26.7. The molecule has 1 aliphatic carbocycles. The molecule has 2 aromatic carbocycles. The van der Waals surface area contributed by atoms with Crippen molar-refractivity contribution in [3.05, 3.63) is 149 Å². The molecule has 41 heavy (non-hydrogen) atoms. The summed E-state index contributed by atoms with van der Waals surface area (Å²) in [6, 6.07) is 18.1. The monoisotopic (exact) mass is 542 g/mol. The van der Waals surface area contributed by atoms with E-state index in [1.165, 1.54) is 50.1 Å². The van der Waals surface area contributed by atoms with Crippen molar-refractivity contribution < 1.29 is 0 Å². The van der Waals surface area contributed by atoms with E-state index in [1.54, 1.807) is 0 Å². The van der Waals surface area contributed by atoms with Crippen LogP contribution in [0.1, 0.15) is 90.5 Å². The molecule has 0 heterocycles. The molecule has 0 spiro atoms. The second-order valence-corrected chi connectivity index (χ2v) is 11.9. The van der Waals surface area contributed by atoms with Gasteiger partial charge in [0.2, 0.25) is 0 Å². The van der Waals surface area contributed by atoms with Crippen LogP contribution in [0.25, 0.3) is 16.7 Å². The number of hydrogen-bond donors (Lipinski definition) is 0. The summed E-state index contributed by atoms with van der Waals surface area (Å²) in [5.41, 5.74) is 13.1. The summed E-state index contributed by atoms with van der Waals surface area (Å²) < 4.78 is 0. The number of rotatable bonds is 10. The van der Waals surface area contributed by atoms with Crippen molar-refractivity contribution in [2.75, 3.05) is 0 Å². The van der Waals surface area contributed by atoms with Crippen LogP contribution in [0.3, 0.4) is 0 Å². The smallest absolute Gasteiger partial charge is 0.00806 e. The molecular formula is C41H50. The summed E-state index contributed by atoms with van der Waals surface area (Å²) in [5.74, 6) is 0.369. The van der Waals surface area contributed by atoms with Gasteiger partial charge < -0.3 is 0 Å². The first-order valence-corrected chi connectivity index (χ1v) is 15.3. The third-order valence-corrected chi connectivity index (χ3v) is 7.99. The van der Waals surface area contributed by atoms with Gasteiger partial charge in [-0.05, 0) is 120 Å². The molecule has 2 aromatic rings. The lowest BCUT2D eigenvalue weighted by molar-refractivity contribution is 0.516. The molecule has 0 bridgehead atoms. The Balaban J connectivity index is 2.29. The van der Waals surface area contributed by atoms with E-state index in [-0.39, 0.29) is 5.41 Å². The standard InChI is InChI=1S/C41H50/c1-10-15-20-35-28-40(37-22-17-16-21-32(37)14-5)39(34-25-23-33(24-26-34)31(13-4)18-11-2)29-38(35)30(6)27-36(19-12-3)41(7,8)9/h10-13,15-19,21-27,29,35H,6,14,20,28H2,1-5,7-9H3/b15-10?,18-11-,19-12-,31-13+,36-27+. The van der Waals surface area contributed by atoms with Gasteiger partial charge in [-0.1, -0.05) is 131 Å². The molecule has 0 aromatic heterocycles. The molecule has 1 unspecified atom stereocenters. The first kappa shape index (κ1) is 31.9. The summed E-state index contributed by atoms with van der Waals surface area (Å²) in [6.07, 6.45) is 23.1. The van der Waals surface area contributed by atoms with Gasteiger partial charge >= 0.3 is 0 Å². The molecule has 214 valence electrons. The summed E-state index contributed by atoms with van der Waals surface area (Å²) in [7, 11) is 0. The van der Waals surface area contributed by atoms with Crippen molar-refractivity contribution in [2.24, 2.45) is 11.3 Å². The fourth-order valence-corrected chi connectivity index (χ4v) is 5.67. The molecule has 0 heteroatoms. The Morgan fingerprint density at radius 3 is 2.17 bits per heavy atom. The fraction of sp³-hybridized carbons (Fsp3) is 0.317. The normalized spacial score (nSPS) is 17.3. The zero-order valence-electron chi connectivity index (χ0n) is 26.7. The van der Waals surface area contributed by atoms with Gasteiger partial charge in [-0.3, -0.25) is 0 Å². The Morgan fingerprint density at radius 2 is 1.59 bits per heavy atom. The molecule has 0 saturated heterocycles. The molecular weight excluding hydrogens is 492 g/mol. The van der Waals surface area contributed by atoms with Crippen molar-refractivity contribution in [1.82, 2.24) is 0 Å². The van der Waals surface area contributed by atoms with Gasteiger partial charge in [0.1, 0.15) is 0 Å². The fourth-order valence-electron chi connectivity index (χ4n) is 5.67. The van der Waals surface area contributed by atoms with Gasteiger partial charge in [-0.25, -0.2) is 0 Å². The molecule has 0 fully saturated rings. The van der Waals surface area contributed by atoms with Crippen LogP contribution < -0.4 is 0 Å². The predicted octanol–water partition coefficient (Wildman–Crippen LogP) is 12.2. The summed E-state index contributed by atoms with van der Waals surface area (Å²) in [6.45, 7) is 22.1. The Labute approximate surface area is 251 Å². The van der Waals surface area contributed by atoms with Gasteiger partial charge in [0.05, 0.1) is 0 Å². The van der Waals surface area contributed by atoms with Crippen molar-refractivity contribution >= 4 is 16.7 Å². The SMILES string of the molecule is C=C(/C=C(\C=C/C)C(C)(C)C)C1=CC(c2ccc(C(/C=C\C)=C/C)cc2)=C(c2ccccc2CC)CC1CC=CC. The maximum atomic E-state index is 4.66. The van der Waals surface area contributed by atoms with Crippen LogP contribution in [-0.4, -0.2) is 0 Å². The number of allylic oxidation sites excluding steroid dienone is 15. The highest BCUT2D eigenvalue weighted by atomic mass is 14.3. The topological polar surface area (TPSA) is 0 Å². The van der Waals surface area contributed by atoms with Crippen LogP contribution in [0.2, 0.25) is 0 Å². The van der Waals surface area contributed by atoms with Crippen molar-refractivity contribution in [1.29, 1.82) is 0 Å². The average Bonchev–Trinajstić information content (AvgIpc) is 2.97. The summed E-state index contributed by atoms with van der Waals surface area (Å²) >= 11 is 0. The average molecular weight is 543 g/mol. The van der Waals surface area contributed by atoms with Gasteiger partial charge in [-0.2, -0.15) is 0 Å². The second-order valence-electron chi connectivity index (χ2n) is 11.9. The Morgan fingerprint density at radius 1 is 0.902 bits per heavy atom. The van der Waals surface area contributed by atoms with E-state index in [2.05, 4.69) is 165 Å². The molecule has 0 saturated carbocycles. The number of benzene rings is 2. The van der Waals surface area contributed by atoms with E-state index in [4.69, 9.17) is 0 Å². The zero-order chi connectivity index (χ0) is 30.0. The Bertz CT molecular complexity index is 1420. The maximum Gasteiger partial charge on any atom is -0.00806 e. The molecule has 0 aliphatic heterocycles. The van der Waals surface area contributed by atoms with E-state index < -0.39 is 0 Å². The van der Waals surface area contributed by atoms with Crippen LogP contribution in [0, 0.1) is 11.3 Å². The summed E-state index contributed by atoms with van der Waals surface area (Å²) in [5, 5.41) is 0. The first-order valence-electron chi connectivity index (χ1n) is 15.3. The van der Waals surface area contributed by atoms with E-state index in [0.29, 0.717) is 5.92 Å². The van der Waals surface area contributed by atoms with Gasteiger partial charge in [0.15, 0.2) is 0 Å². The highest BCUT2D eigenvalue weighted by Gasteiger charge is 2.27. The second kappa shape index (κ2) is 14.8.